The Labute approximate surface area is 88.6 Å². The third kappa shape index (κ3) is 1.88. The lowest BCUT2D eigenvalue weighted by Crippen LogP contribution is -2.01. The van der Waals surface area contributed by atoms with Crippen LogP contribution >= 0.6 is 15.9 Å². The molecule has 1 aromatic rings. The number of ether oxygens (including phenoxy) is 1. The van der Waals surface area contributed by atoms with E-state index in [0.29, 0.717) is 0 Å². The summed E-state index contributed by atoms with van der Waals surface area (Å²) in [6.07, 6.45) is -0.984. The molecule has 1 rings (SSSR count). The highest BCUT2D eigenvalue weighted by Crippen LogP contribution is 2.34. The van der Waals surface area contributed by atoms with E-state index < -0.39 is 17.7 Å². The summed E-state index contributed by atoms with van der Waals surface area (Å²) < 4.78 is 30.9. The summed E-state index contributed by atoms with van der Waals surface area (Å²) in [4.78, 5) is 0. The maximum atomic E-state index is 13.4. The van der Waals surface area contributed by atoms with Crippen molar-refractivity contribution in [1.29, 1.82) is 0 Å². The van der Waals surface area contributed by atoms with E-state index in [1.54, 1.807) is 0 Å². The molecule has 1 atom stereocenters. The molecule has 78 valence electrons. The predicted molar refractivity (Wildman–Crippen MR) is 51.2 cm³/mol. The molecule has 0 radical (unpaired) electrons. The second-order valence-corrected chi connectivity index (χ2v) is 3.58. The second kappa shape index (κ2) is 4.23. The van der Waals surface area contributed by atoms with Gasteiger partial charge in [-0.3, -0.25) is 0 Å². The van der Waals surface area contributed by atoms with Crippen LogP contribution in [-0.4, -0.2) is 12.2 Å². The molecule has 1 aromatic carbocycles. The van der Waals surface area contributed by atoms with Crippen LogP contribution in [0.3, 0.4) is 0 Å². The standard InChI is InChI=1S/C9H9BrF2O2/c1-4(13)5-3-6(11)7(10)8(12)9(5)14-2/h3-4,13H,1-2H3. The molecule has 0 aliphatic heterocycles. The maximum absolute atomic E-state index is 13.4. The molecule has 2 nitrogen and oxygen atoms in total. The van der Waals surface area contributed by atoms with E-state index in [1.807, 2.05) is 0 Å². The summed E-state index contributed by atoms with van der Waals surface area (Å²) in [7, 11) is 1.26. The molecule has 0 amide bonds. The van der Waals surface area contributed by atoms with E-state index in [1.165, 1.54) is 14.0 Å². The average molecular weight is 267 g/mol. The molecule has 0 fully saturated rings. The van der Waals surface area contributed by atoms with Gasteiger partial charge in [-0.2, -0.15) is 0 Å². The minimum Gasteiger partial charge on any atom is -0.493 e. The lowest BCUT2D eigenvalue weighted by molar-refractivity contribution is 0.192. The third-order valence-corrected chi connectivity index (χ3v) is 2.53. The van der Waals surface area contributed by atoms with Crippen LogP contribution in [-0.2, 0) is 0 Å². The molecule has 0 aliphatic rings. The van der Waals surface area contributed by atoms with Gasteiger partial charge in [0, 0.05) is 5.56 Å². The molecule has 0 bridgehead atoms. The van der Waals surface area contributed by atoms with Gasteiger partial charge < -0.3 is 9.84 Å². The number of halogens is 3. The van der Waals surface area contributed by atoms with Crippen LogP contribution in [0.1, 0.15) is 18.6 Å². The van der Waals surface area contributed by atoms with E-state index in [0.717, 1.165) is 6.07 Å². The Kier molecular flexibility index (Phi) is 3.44. The van der Waals surface area contributed by atoms with E-state index >= 15 is 0 Å². The Morgan fingerprint density at radius 3 is 2.50 bits per heavy atom. The molecule has 1 N–H and O–H groups in total. The first-order valence-electron chi connectivity index (χ1n) is 3.88. The fourth-order valence-corrected chi connectivity index (χ4v) is 1.41. The zero-order valence-corrected chi connectivity index (χ0v) is 9.23. The van der Waals surface area contributed by atoms with Gasteiger partial charge in [-0.25, -0.2) is 8.78 Å². The van der Waals surface area contributed by atoms with Gasteiger partial charge in [-0.05, 0) is 28.9 Å². The largest absolute Gasteiger partial charge is 0.493 e. The van der Waals surface area contributed by atoms with E-state index in [9.17, 15) is 13.9 Å². The molecule has 1 unspecified atom stereocenters. The Hall–Kier alpha value is -0.680. The number of hydrogen-bond donors (Lipinski definition) is 1. The van der Waals surface area contributed by atoms with E-state index in [2.05, 4.69) is 15.9 Å². The maximum Gasteiger partial charge on any atom is 0.182 e. The van der Waals surface area contributed by atoms with Crippen LogP contribution in [0.2, 0.25) is 0 Å². The topological polar surface area (TPSA) is 29.5 Å². The molecule has 5 heteroatoms. The van der Waals surface area contributed by atoms with Crippen molar-refractivity contribution in [3.05, 3.63) is 27.7 Å². The Balaban J connectivity index is 3.43. The number of hydrogen-bond acceptors (Lipinski definition) is 2. The van der Waals surface area contributed by atoms with E-state index in [4.69, 9.17) is 4.74 Å². The van der Waals surface area contributed by atoms with Gasteiger partial charge in [0.25, 0.3) is 0 Å². The van der Waals surface area contributed by atoms with Crippen molar-refractivity contribution >= 4 is 15.9 Å². The van der Waals surface area contributed by atoms with Crippen LogP contribution in [0, 0.1) is 11.6 Å². The van der Waals surface area contributed by atoms with Gasteiger partial charge in [0.05, 0.1) is 17.7 Å². The fraction of sp³-hybridized carbons (Fsp3) is 0.333. The van der Waals surface area contributed by atoms with Gasteiger partial charge in [-0.1, -0.05) is 0 Å². The highest BCUT2D eigenvalue weighted by Gasteiger charge is 2.19. The summed E-state index contributed by atoms with van der Waals surface area (Å²) in [6, 6.07) is 1.04. The van der Waals surface area contributed by atoms with Crippen LogP contribution in [0.4, 0.5) is 8.78 Å². The van der Waals surface area contributed by atoms with Crippen molar-refractivity contribution in [2.75, 3.05) is 7.11 Å². The number of benzene rings is 1. The highest BCUT2D eigenvalue weighted by molar-refractivity contribution is 9.10. The van der Waals surface area contributed by atoms with Crippen molar-refractivity contribution < 1.29 is 18.6 Å². The number of aliphatic hydroxyl groups excluding tert-OH is 1. The summed E-state index contributed by atoms with van der Waals surface area (Å²) in [5, 5.41) is 9.25. The number of rotatable bonds is 2. The molecule has 14 heavy (non-hydrogen) atoms. The zero-order chi connectivity index (χ0) is 10.9. The number of aliphatic hydroxyl groups is 1. The van der Waals surface area contributed by atoms with Gasteiger partial charge in [0.2, 0.25) is 0 Å². The SMILES string of the molecule is COc1c(C(C)O)cc(F)c(Br)c1F. The van der Waals surface area contributed by atoms with Crippen molar-refractivity contribution in [2.24, 2.45) is 0 Å². The first-order chi connectivity index (χ1) is 6.49. The average Bonchev–Trinajstić information content (AvgIpc) is 2.13. The van der Waals surface area contributed by atoms with Crippen molar-refractivity contribution in [2.45, 2.75) is 13.0 Å². The lowest BCUT2D eigenvalue weighted by atomic mass is 10.1. The molecule has 0 aromatic heterocycles. The molecular weight excluding hydrogens is 258 g/mol. The highest BCUT2D eigenvalue weighted by atomic mass is 79.9. The normalized spacial score (nSPS) is 12.7. The van der Waals surface area contributed by atoms with Gasteiger partial charge >= 0.3 is 0 Å². The molecule has 0 aliphatic carbocycles. The minimum atomic E-state index is -0.984. The van der Waals surface area contributed by atoms with Crippen LogP contribution in [0.25, 0.3) is 0 Å². The van der Waals surface area contributed by atoms with Gasteiger partial charge in [-0.15, -0.1) is 0 Å². The number of methoxy groups -OCH3 is 1. The monoisotopic (exact) mass is 266 g/mol. The minimum absolute atomic E-state index is 0.0886. The third-order valence-electron chi connectivity index (χ3n) is 1.80. The van der Waals surface area contributed by atoms with Crippen LogP contribution in [0.15, 0.2) is 10.5 Å². The summed E-state index contributed by atoms with van der Waals surface area (Å²) in [5.41, 5.74) is 0.0886. The first-order valence-corrected chi connectivity index (χ1v) is 4.67. The predicted octanol–water partition coefficient (Wildman–Crippen LogP) is 2.79. The zero-order valence-electron chi connectivity index (χ0n) is 7.64. The molecule has 0 saturated heterocycles. The lowest BCUT2D eigenvalue weighted by Gasteiger charge is -2.13. The quantitative estimate of drug-likeness (QED) is 0.835. The fourth-order valence-electron chi connectivity index (χ4n) is 1.11. The Morgan fingerprint density at radius 2 is 2.07 bits per heavy atom. The van der Waals surface area contributed by atoms with Crippen molar-refractivity contribution in [3.63, 3.8) is 0 Å². The smallest absolute Gasteiger partial charge is 0.182 e. The molecular formula is C9H9BrF2O2. The summed E-state index contributed by atoms with van der Waals surface area (Å²) >= 11 is 2.74. The van der Waals surface area contributed by atoms with Crippen LogP contribution < -0.4 is 4.74 Å². The van der Waals surface area contributed by atoms with Crippen LogP contribution in [0.5, 0.6) is 5.75 Å². The van der Waals surface area contributed by atoms with Gasteiger partial charge in [0.1, 0.15) is 5.82 Å². The molecule has 0 saturated carbocycles. The second-order valence-electron chi connectivity index (χ2n) is 2.78. The molecule has 0 heterocycles. The Bertz CT molecular complexity index is 353. The van der Waals surface area contributed by atoms with Crippen molar-refractivity contribution in [3.8, 4) is 5.75 Å². The summed E-state index contributed by atoms with van der Waals surface area (Å²) in [5.74, 6) is -1.75. The van der Waals surface area contributed by atoms with Crippen molar-refractivity contribution in [1.82, 2.24) is 0 Å². The molecule has 0 spiro atoms. The summed E-state index contributed by atoms with van der Waals surface area (Å²) in [6.45, 7) is 1.41. The van der Waals surface area contributed by atoms with Gasteiger partial charge in [0.15, 0.2) is 11.6 Å². The first kappa shape index (κ1) is 11.4. The Morgan fingerprint density at radius 1 is 1.50 bits per heavy atom. The van der Waals surface area contributed by atoms with E-state index in [-0.39, 0.29) is 15.8 Å².